The summed E-state index contributed by atoms with van der Waals surface area (Å²) < 4.78 is 5.28. The summed E-state index contributed by atoms with van der Waals surface area (Å²) >= 11 is 1.38. The van der Waals surface area contributed by atoms with Gasteiger partial charge in [-0.25, -0.2) is 0 Å². The number of aldehydes is 1. The average Bonchev–Trinajstić information content (AvgIpc) is 2.88. The van der Waals surface area contributed by atoms with Crippen LogP contribution in [-0.4, -0.2) is 19.2 Å². The number of aryl methyl sites for hydroxylation is 1. The average molecular weight is 274 g/mol. The van der Waals surface area contributed by atoms with Gasteiger partial charge in [0, 0.05) is 16.0 Å². The molecular formula is C15H14O3S. The lowest BCUT2D eigenvalue weighted by molar-refractivity contribution is 0.102. The van der Waals surface area contributed by atoms with Gasteiger partial charge in [0.15, 0.2) is 12.1 Å². The van der Waals surface area contributed by atoms with Crippen LogP contribution < -0.4 is 4.74 Å². The first kappa shape index (κ1) is 13.5. The van der Waals surface area contributed by atoms with E-state index in [9.17, 15) is 9.59 Å². The van der Waals surface area contributed by atoms with Crippen LogP contribution in [0.4, 0.5) is 0 Å². The van der Waals surface area contributed by atoms with E-state index in [1.54, 1.807) is 19.2 Å². The van der Waals surface area contributed by atoms with E-state index in [-0.39, 0.29) is 5.78 Å². The van der Waals surface area contributed by atoms with Gasteiger partial charge in [-0.3, -0.25) is 9.59 Å². The Morgan fingerprint density at radius 3 is 2.58 bits per heavy atom. The standard InChI is InChI=1S/C15H14O3S/c1-9-6-11(8-16)12(7-13(9)18-3)15-5-4-14(19-15)10(2)17/h4-8H,1-3H3. The first-order chi connectivity index (χ1) is 9.06. The predicted octanol–water partition coefficient (Wildman–Crippen LogP) is 3.75. The van der Waals surface area contributed by atoms with Gasteiger partial charge in [0.05, 0.1) is 12.0 Å². The Morgan fingerprint density at radius 2 is 2.05 bits per heavy atom. The van der Waals surface area contributed by atoms with Gasteiger partial charge in [-0.1, -0.05) is 0 Å². The maximum atomic E-state index is 11.3. The summed E-state index contributed by atoms with van der Waals surface area (Å²) in [6.45, 7) is 3.43. The van der Waals surface area contributed by atoms with E-state index in [1.165, 1.54) is 18.3 Å². The van der Waals surface area contributed by atoms with E-state index in [0.29, 0.717) is 10.4 Å². The molecule has 3 nitrogen and oxygen atoms in total. The summed E-state index contributed by atoms with van der Waals surface area (Å²) in [7, 11) is 1.60. The van der Waals surface area contributed by atoms with Crippen LogP contribution in [0.2, 0.25) is 0 Å². The van der Waals surface area contributed by atoms with Crippen molar-refractivity contribution in [3.63, 3.8) is 0 Å². The molecule has 0 N–H and O–H groups in total. The monoisotopic (exact) mass is 274 g/mol. The van der Waals surface area contributed by atoms with Crippen LogP contribution in [0.25, 0.3) is 10.4 Å². The van der Waals surface area contributed by atoms with E-state index >= 15 is 0 Å². The Morgan fingerprint density at radius 1 is 1.32 bits per heavy atom. The Bertz CT molecular complexity index is 641. The maximum Gasteiger partial charge on any atom is 0.169 e. The lowest BCUT2D eigenvalue weighted by Gasteiger charge is -2.09. The van der Waals surface area contributed by atoms with Crippen molar-refractivity contribution in [1.29, 1.82) is 0 Å². The van der Waals surface area contributed by atoms with Crippen molar-refractivity contribution in [2.75, 3.05) is 7.11 Å². The van der Waals surface area contributed by atoms with Crippen LogP contribution in [0, 0.1) is 6.92 Å². The van der Waals surface area contributed by atoms with E-state index < -0.39 is 0 Å². The molecule has 19 heavy (non-hydrogen) atoms. The number of ketones is 1. The molecule has 2 aromatic rings. The van der Waals surface area contributed by atoms with Gasteiger partial charge in [-0.15, -0.1) is 11.3 Å². The predicted molar refractivity (Wildman–Crippen MR) is 76.4 cm³/mol. The molecule has 0 aliphatic carbocycles. The molecule has 0 saturated carbocycles. The first-order valence-electron chi connectivity index (χ1n) is 5.81. The third kappa shape index (κ3) is 2.58. The zero-order valence-corrected chi connectivity index (χ0v) is 11.8. The van der Waals surface area contributed by atoms with Gasteiger partial charge in [-0.05, 0) is 43.7 Å². The molecule has 2 rings (SSSR count). The van der Waals surface area contributed by atoms with Crippen molar-refractivity contribution in [3.8, 4) is 16.2 Å². The zero-order chi connectivity index (χ0) is 14.0. The number of ether oxygens (including phenoxy) is 1. The number of carbonyl (C=O) groups excluding carboxylic acids is 2. The Hall–Kier alpha value is -1.94. The van der Waals surface area contributed by atoms with E-state index in [0.717, 1.165) is 28.0 Å². The van der Waals surface area contributed by atoms with Crippen LogP contribution in [0.5, 0.6) is 5.75 Å². The number of hydrogen-bond donors (Lipinski definition) is 0. The van der Waals surface area contributed by atoms with Gasteiger partial charge in [0.25, 0.3) is 0 Å². The Balaban J connectivity index is 2.58. The minimum absolute atomic E-state index is 0.0305. The van der Waals surface area contributed by atoms with Crippen molar-refractivity contribution >= 4 is 23.4 Å². The second kappa shape index (κ2) is 5.36. The summed E-state index contributed by atoms with van der Waals surface area (Å²) in [5.74, 6) is 0.765. The van der Waals surface area contributed by atoms with Crippen LogP contribution in [0.3, 0.4) is 0 Å². The van der Waals surface area contributed by atoms with Crippen LogP contribution in [0.1, 0.15) is 32.5 Å². The molecule has 0 spiro atoms. The van der Waals surface area contributed by atoms with E-state index in [2.05, 4.69) is 0 Å². The summed E-state index contributed by atoms with van der Waals surface area (Å²) in [6.07, 6.45) is 0.828. The van der Waals surface area contributed by atoms with Gasteiger partial charge in [0.1, 0.15) is 5.75 Å². The Kier molecular flexibility index (Phi) is 3.81. The van der Waals surface area contributed by atoms with Crippen LogP contribution >= 0.6 is 11.3 Å². The maximum absolute atomic E-state index is 11.3. The second-order valence-electron chi connectivity index (χ2n) is 4.25. The molecule has 1 aromatic carbocycles. The summed E-state index contributed by atoms with van der Waals surface area (Å²) in [5.41, 5.74) is 2.32. The summed E-state index contributed by atoms with van der Waals surface area (Å²) in [4.78, 5) is 24.1. The molecule has 4 heteroatoms. The lowest BCUT2D eigenvalue weighted by Crippen LogP contribution is -1.92. The highest BCUT2D eigenvalue weighted by Crippen LogP contribution is 2.34. The number of thiophene rings is 1. The molecule has 0 bridgehead atoms. The number of carbonyl (C=O) groups is 2. The SMILES string of the molecule is COc1cc(-c2ccc(C(C)=O)s2)c(C=O)cc1C. The number of methoxy groups -OCH3 is 1. The van der Waals surface area contributed by atoms with Crippen molar-refractivity contribution < 1.29 is 14.3 Å². The highest BCUT2D eigenvalue weighted by molar-refractivity contribution is 7.17. The lowest BCUT2D eigenvalue weighted by atomic mass is 10.0. The molecule has 0 atom stereocenters. The molecule has 0 aliphatic rings. The quantitative estimate of drug-likeness (QED) is 0.630. The van der Waals surface area contributed by atoms with Crippen molar-refractivity contribution in [2.45, 2.75) is 13.8 Å². The largest absolute Gasteiger partial charge is 0.496 e. The fourth-order valence-electron chi connectivity index (χ4n) is 1.91. The highest BCUT2D eigenvalue weighted by atomic mass is 32.1. The molecule has 0 fully saturated rings. The summed E-state index contributed by atoms with van der Waals surface area (Å²) in [5, 5.41) is 0. The fourth-order valence-corrected chi connectivity index (χ4v) is 2.85. The number of hydrogen-bond acceptors (Lipinski definition) is 4. The molecule has 0 radical (unpaired) electrons. The molecule has 1 heterocycles. The van der Waals surface area contributed by atoms with Crippen LogP contribution in [-0.2, 0) is 0 Å². The topological polar surface area (TPSA) is 43.4 Å². The molecule has 0 aliphatic heterocycles. The molecule has 1 aromatic heterocycles. The normalized spacial score (nSPS) is 10.3. The van der Waals surface area contributed by atoms with E-state index in [1.807, 2.05) is 19.1 Å². The third-order valence-corrected chi connectivity index (χ3v) is 4.13. The van der Waals surface area contributed by atoms with Crippen molar-refractivity contribution in [1.82, 2.24) is 0 Å². The second-order valence-corrected chi connectivity index (χ2v) is 5.33. The fraction of sp³-hybridized carbons (Fsp3) is 0.200. The Labute approximate surface area is 115 Å². The minimum Gasteiger partial charge on any atom is -0.496 e. The van der Waals surface area contributed by atoms with Crippen LogP contribution in [0.15, 0.2) is 24.3 Å². The van der Waals surface area contributed by atoms with Gasteiger partial charge < -0.3 is 4.74 Å². The van der Waals surface area contributed by atoms with Gasteiger partial charge in [0.2, 0.25) is 0 Å². The molecule has 0 unspecified atom stereocenters. The van der Waals surface area contributed by atoms with Gasteiger partial charge in [-0.2, -0.15) is 0 Å². The summed E-state index contributed by atoms with van der Waals surface area (Å²) in [6, 6.07) is 7.28. The molecule has 0 saturated heterocycles. The number of Topliss-reactive ketones (excluding diaryl/α,β-unsaturated/α-hetero) is 1. The smallest absolute Gasteiger partial charge is 0.169 e. The zero-order valence-electron chi connectivity index (χ0n) is 11.0. The molecule has 0 amide bonds. The minimum atomic E-state index is 0.0305. The van der Waals surface area contributed by atoms with Crippen molar-refractivity contribution in [2.24, 2.45) is 0 Å². The highest BCUT2D eigenvalue weighted by Gasteiger charge is 2.12. The third-order valence-electron chi connectivity index (χ3n) is 2.91. The number of benzene rings is 1. The molecular weight excluding hydrogens is 260 g/mol. The van der Waals surface area contributed by atoms with Gasteiger partial charge >= 0.3 is 0 Å². The number of rotatable bonds is 4. The molecule has 98 valence electrons. The van der Waals surface area contributed by atoms with E-state index in [4.69, 9.17) is 4.74 Å². The first-order valence-corrected chi connectivity index (χ1v) is 6.63. The van der Waals surface area contributed by atoms with Crippen molar-refractivity contribution in [3.05, 3.63) is 40.3 Å².